The Morgan fingerprint density at radius 2 is 2.15 bits per heavy atom. The Balaban J connectivity index is 1.98. The van der Waals surface area contributed by atoms with Crippen LogP contribution >= 0.6 is 11.3 Å². The minimum Gasteiger partial charge on any atom is -0.384 e. The van der Waals surface area contributed by atoms with Crippen LogP contribution in [0.3, 0.4) is 0 Å². The van der Waals surface area contributed by atoms with Gasteiger partial charge in [-0.2, -0.15) is 0 Å². The van der Waals surface area contributed by atoms with Crippen LogP contribution < -0.4 is 10.2 Å². The molecular formula is C16H19FN2S. The predicted octanol–water partition coefficient (Wildman–Crippen LogP) is 4.44. The van der Waals surface area contributed by atoms with E-state index in [1.54, 1.807) is 24.5 Å². The summed E-state index contributed by atoms with van der Waals surface area (Å²) >= 11 is 1.74. The third-order valence-corrected chi connectivity index (χ3v) is 4.64. The Hall–Kier alpha value is -1.55. The highest BCUT2D eigenvalue weighted by Gasteiger charge is 2.29. The summed E-state index contributed by atoms with van der Waals surface area (Å²) in [6, 6.07) is 7.71. The minimum atomic E-state index is -0.176. The first-order chi connectivity index (χ1) is 9.70. The highest BCUT2D eigenvalue weighted by molar-refractivity contribution is 7.09. The largest absolute Gasteiger partial charge is 0.384 e. The Labute approximate surface area is 123 Å². The van der Waals surface area contributed by atoms with Gasteiger partial charge in [-0.3, -0.25) is 0 Å². The van der Waals surface area contributed by atoms with Crippen LogP contribution in [0.2, 0.25) is 0 Å². The third kappa shape index (κ3) is 2.52. The molecule has 1 fully saturated rings. The van der Waals surface area contributed by atoms with Crippen LogP contribution in [-0.2, 0) is 6.54 Å². The molecule has 0 spiro atoms. The fourth-order valence-corrected chi connectivity index (χ4v) is 3.43. The molecule has 3 rings (SSSR count). The van der Waals surface area contributed by atoms with E-state index in [9.17, 15) is 4.39 Å². The number of rotatable bonds is 5. The molecule has 1 aromatic carbocycles. The van der Waals surface area contributed by atoms with E-state index in [-0.39, 0.29) is 5.82 Å². The molecule has 1 N–H and O–H groups in total. The van der Waals surface area contributed by atoms with Gasteiger partial charge in [0.05, 0.1) is 17.9 Å². The van der Waals surface area contributed by atoms with Gasteiger partial charge in [-0.05, 0) is 41.8 Å². The smallest absolute Gasteiger partial charge is 0.148 e. The van der Waals surface area contributed by atoms with Crippen molar-refractivity contribution in [3.63, 3.8) is 0 Å². The average Bonchev–Trinajstić information content (AvgIpc) is 3.16. The van der Waals surface area contributed by atoms with Gasteiger partial charge in [-0.15, -0.1) is 11.3 Å². The zero-order chi connectivity index (χ0) is 14.1. The van der Waals surface area contributed by atoms with Gasteiger partial charge in [0.2, 0.25) is 0 Å². The highest BCUT2D eigenvalue weighted by atomic mass is 32.1. The van der Waals surface area contributed by atoms with Crippen LogP contribution in [0.5, 0.6) is 0 Å². The van der Waals surface area contributed by atoms with Gasteiger partial charge < -0.3 is 10.2 Å². The molecule has 2 nitrogen and oxygen atoms in total. The zero-order valence-corrected chi connectivity index (χ0v) is 12.6. The first-order valence-corrected chi connectivity index (χ1v) is 7.82. The summed E-state index contributed by atoms with van der Waals surface area (Å²) in [6.07, 6.45) is 2.43. The maximum Gasteiger partial charge on any atom is 0.148 e. The van der Waals surface area contributed by atoms with Crippen LogP contribution in [0.15, 0.2) is 29.6 Å². The molecule has 0 saturated heterocycles. The van der Waals surface area contributed by atoms with Crippen molar-refractivity contribution in [2.45, 2.75) is 25.3 Å². The second kappa shape index (κ2) is 5.44. The zero-order valence-electron chi connectivity index (χ0n) is 11.8. The van der Waals surface area contributed by atoms with Crippen molar-refractivity contribution in [3.8, 4) is 0 Å². The molecule has 20 heavy (non-hydrogen) atoms. The van der Waals surface area contributed by atoms with Crippen LogP contribution in [-0.4, -0.2) is 14.1 Å². The molecule has 4 heteroatoms. The van der Waals surface area contributed by atoms with Gasteiger partial charge in [0.25, 0.3) is 0 Å². The predicted molar refractivity (Wildman–Crippen MR) is 84.3 cm³/mol. The molecule has 1 saturated carbocycles. The quantitative estimate of drug-likeness (QED) is 0.875. The molecule has 0 aliphatic heterocycles. The van der Waals surface area contributed by atoms with Gasteiger partial charge in [-0.1, -0.05) is 12.1 Å². The van der Waals surface area contributed by atoms with E-state index in [0.717, 1.165) is 12.2 Å². The molecule has 0 atom stereocenters. The Bertz CT molecular complexity index is 591. The number of hydrogen-bond donors (Lipinski definition) is 1. The number of nitrogens with one attached hydrogen (secondary N) is 1. The number of benzene rings is 1. The van der Waals surface area contributed by atoms with E-state index in [0.29, 0.717) is 11.6 Å². The first-order valence-electron chi connectivity index (χ1n) is 6.94. The normalized spacial score (nSPS) is 14.3. The average molecular weight is 290 g/mol. The lowest BCUT2D eigenvalue weighted by Gasteiger charge is -2.25. The number of thiophene rings is 1. The van der Waals surface area contributed by atoms with Crippen LogP contribution in [0.1, 0.15) is 29.2 Å². The minimum absolute atomic E-state index is 0.176. The lowest BCUT2D eigenvalue weighted by molar-refractivity contribution is 0.630. The van der Waals surface area contributed by atoms with Crippen molar-refractivity contribution >= 4 is 22.7 Å². The van der Waals surface area contributed by atoms with Gasteiger partial charge in [0, 0.05) is 19.0 Å². The SMILES string of the molecule is CNc1c(F)ccc(C2CC2)c1N(C)Cc1cccs1. The van der Waals surface area contributed by atoms with Gasteiger partial charge in [0.1, 0.15) is 5.82 Å². The summed E-state index contributed by atoms with van der Waals surface area (Å²) in [6.45, 7) is 0.815. The Morgan fingerprint density at radius 1 is 1.35 bits per heavy atom. The maximum absolute atomic E-state index is 14.1. The van der Waals surface area contributed by atoms with Gasteiger partial charge in [-0.25, -0.2) is 4.39 Å². The standard InChI is InChI=1S/C16H19FN2S/c1-18-15-14(17)8-7-13(11-5-6-11)16(15)19(2)10-12-4-3-9-20-12/h3-4,7-9,11,18H,5-6,10H2,1-2H3. The van der Waals surface area contributed by atoms with E-state index in [1.165, 1.54) is 23.3 Å². The van der Waals surface area contributed by atoms with Crippen molar-refractivity contribution < 1.29 is 4.39 Å². The van der Waals surface area contributed by atoms with E-state index in [2.05, 4.69) is 27.7 Å². The first kappa shape index (κ1) is 13.4. The van der Waals surface area contributed by atoms with Crippen molar-refractivity contribution in [1.29, 1.82) is 0 Å². The lowest BCUT2D eigenvalue weighted by Crippen LogP contribution is -2.19. The molecule has 1 aliphatic rings. The third-order valence-electron chi connectivity index (χ3n) is 3.78. The van der Waals surface area contributed by atoms with Gasteiger partial charge in [0.15, 0.2) is 0 Å². The van der Waals surface area contributed by atoms with E-state index in [4.69, 9.17) is 0 Å². The highest BCUT2D eigenvalue weighted by Crippen LogP contribution is 2.47. The summed E-state index contributed by atoms with van der Waals surface area (Å²) in [5, 5.41) is 5.11. The van der Waals surface area contributed by atoms with Crippen molar-refractivity contribution in [3.05, 3.63) is 45.9 Å². The van der Waals surface area contributed by atoms with Crippen LogP contribution in [0, 0.1) is 5.82 Å². The van der Waals surface area contributed by atoms with E-state index in [1.807, 2.05) is 13.1 Å². The molecule has 106 valence electrons. The van der Waals surface area contributed by atoms with Crippen molar-refractivity contribution in [1.82, 2.24) is 0 Å². The summed E-state index contributed by atoms with van der Waals surface area (Å²) < 4.78 is 14.1. The summed E-state index contributed by atoms with van der Waals surface area (Å²) in [5.41, 5.74) is 2.91. The molecule has 2 aromatic rings. The second-order valence-electron chi connectivity index (χ2n) is 5.32. The van der Waals surface area contributed by atoms with Crippen molar-refractivity contribution in [2.75, 3.05) is 24.3 Å². The Morgan fingerprint density at radius 3 is 2.75 bits per heavy atom. The molecular weight excluding hydrogens is 271 g/mol. The van der Waals surface area contributed by atoms with Crippen LogP contribution in [0.4, 0.5) is 15.8 Å². The van der Waals surface area contributed by atoms with E-state index < -0.39 is 0 Å². The van der Waals surface area contributed by atoms with Crippen LogP contribution in [0.25, 0.3) is 0 Å². The fourth-order valence-electron chi connectivity index (χ4n) is 2.67. The lowest BCUT2D eigenvalue weighted by atomic mass is 10.0. The number of anilines is 2. The molecule has 0 bridgehead atoms. The molecule has 1 heterocycles. The van der Waals surface area contributed by atoms with E-state index >= 15 is 0 Å². The second-order valence-corrected chi connectivity index (χ2v) is 6.35. The monoisotopic (exact) mass is 290 g/mol. The Kier molecular flexibility index (Phi) is 3.66. The topological polar surface area (TPSA) is 15.3 Å². The molecule has 0 unspecified atom stereocenters. The summed E-state index contributed by atoms with van der Waals surface area (Å²) in [5.74, 6) is 0.424. The number of hydrogen-bond acceptors (Lipinski definition) is 3. The number of halogens is 1. The summed E-state index contributed by atoms with van der Waals surface area (Å²) in [4.78, 5) is 3.45. The molecule has 0 amide bonds. The van der Waals surface area contributed by atoms with Gasteiger partial charge >= 0.3 is 0 Å². The fraction of sp³-hybridized carbons (Fsp3) is 0.375. The van der Waals surface area contributed by atoms with Crippen molar-refractivity contribution in [2.24, 2.45) is 0 Å². The number of nitrogens with zero attached hydrogens (tertiary/aromatic N) is 1. The maximum atomic E-state index is 14.1. The molecule has 1 aromatic heterocycles. The molecule has 1 aliphatic carbocycles. The summed E-state index contributed by atoms with van der Waals surface area (Å²) in [7, 11) is 3.83. The molecule has 0 radical (unpaired) electrons.